The molecule has 0 heterocycles. The molecule has 0 aliphatic rings. The average molecular weight is 273 g/mol. The molecule has 0 fully saturated rings. The highest BCUT2D eigenvalue weighted by atomic mass is 19.1. The van der Waals surface area contributed by atoms with Crippen molar-refractivity contribution >= 4 is 5.97 Å². The maximum Gasteiger partial charge on any atom is 0.338 e. The van der Waals surface area contributed by atoms with Crippen LogP contribution >= 0.6 is 0 Å². The van der Waals surface area contributed by atoms with Crippen molar-refractivity contribution < 1.29 is 23.8 Å². The number of hydrogen-bond donors (Lipinski definition) is 2. The summed E-state index contributed by atoms with van der Waals surface area (Å²) in [5, 5.41) is 11.4. The van der Waals surface area contributed by atoms with Gasteiger partial charge in [-0.2, -0.15) is 0 Å². The van der Waals surface area contributed by atoms with E-state index in [9.17, 15) is 9.18 Å². The van der Waals surface area contributed by atoms with Crippen molar-refractivity contribution in [3.8, 4) is 0 Å². The van der Waals surface area contributed by atoms with Crippen molar-refractivity contribution in [1.82, 2.24) is 5.32 Å². The number of aromatic carboxylic acids is 1. The Morgan fingerprint density at radius 1 is 1.21 bits per heavy atom. The fourth-order valence-electron chi connectivity index (χ4n) is 1.10. The zero-order valence-corrected chi connectivity index (χ0v) is 11.5. The molecule has 0 saturated heterocycles. The third-order valence-corrected chi connectivity index (χ3v) is 2.28. The smallest absolute Gasteiger partial charge is 0.338 e. The predicted molar refractivity (Wildman–Crippen MR) is 69.4 cm³/mol. The second-order valence-electron chi connectivity index (χ2n) is 3.71. The Morgan fingerprint density at radius 3 is 2.00 bits per heavy atom. The standard InChI is InChI=1S/C7H5FO2.C6H15NO2/c8-6-4-2-1-3-5(6)7(9)10;1-5(8-3)7-6(2)9-4/h1-4H,(H,9,10);5-7H,1-4H3. The van der Waals surface area contributed by atoms with Crippen LogP contribution in [0.4, 0.5) is 4.39 Å². The molecule has 19 heavy (non-hydrogen) atoms. The molecule has 1 rings (SSSR count). The monoisotopic (exact) mass is 273 g/mol. The molecule has 1 aromatic carbocycles. The van der Waals surface area contributed by atoms with Gasteiger partial charge in [0.2, 0.25) is 0 Å². The summed E-state index contributed by atoms with van der Waals surface area (Å²) in [6.45, 7) is 3.85. The van der Waals surface area contributed by atoms with Crippen molar-refractivity contribution in [3.63, 3.8) is 0 Å². The first-order valence-corrected chi connectivity index (χ1v) is 5.71. The van der Waals surface area contributed by atoms with Crippen LogP contribution in [0.1, 0.15) is 24.2 Å². The predicted octanol–water partition coefficient (Wildman–Crippen LogP) is 2.08. The molecule has 0 bridgehead atoms. The van der Waals surface area contributed by atoms with E-state index in [1.54, 1.807) is 14.2 Å². The van der Waals surface area contributed by atoms with Gasteiger partial charge in [0.15, 0.2) is 0 Å². The van der Waals surface area contributed by atoms with E-state index >= 15 is 0 Å². The fraction of sp³-hybridized carbons (Fsp3) is 0.462. The van der Waals surface area contributed by atoms with E-state index in [1.165, 1.54) is 18.2 Å². The quantitative estimate of drug-likeness (QED) is 0.804. The highest BCUT2D eigenvalue weighted by Crippen LogP contribution is 2.04. The topological polar surface area (TPSA) is 67.8 Å². The lowest BCUT2D eigenvalue weighted by Gasteiger charge is -2.16. The molecule has 6 heteroatoms. The summed E-state index contributed by atoms with van der Waals surface area (Å²) in [5.74, 6) is -1.94. The van der Waals surface area contributed by atoms with Gasteiger partial charge in [-0.15, -0.1) is 0 Å². The Morgan fingerprint density at radius 2 is 1.68 bits per heavy atom. The van der Waals surface area contributed by atoms with Gasteiger partial charge in [0.05, 0.1) is 5.56 Å². The number of methoxy groups -OCH3 is 2. The molecule has 2 N–H and O–H groups in total. The summed E-state index contributed by atoms with van der Waals surface area (Å²) in [6, 6.07) is 5.26. The van der Waals surface area contributed by atoms with Crippen LogP contribution in [0.2, 0.25) is 0 Å². The van der Waals surface area contributed by atoms with Gasteiger partial charge in [0.25, 0.3) is 0 Å². The number of carbonyl (C=O) groups is 1. The molecule has 2 atom stereocenters. The largest absolute Gasteiger partial charge is 0.478 e. The number of ether oxygens (including phenoxy) is 2. The van der Waals surface area contributed by atoms with Gasteiger partial charge in [-0.05, 0) is 26.0 Å². The number of benzene rings is 1. The van der Waals surface area contributed by atoms with Crippen LogP contribution in [0.5, 0.6) is 0 Å². The van der Waals surface area contributed by atoms with Gasteiger partial charge in [0.1, 0.15) is 18.3 Å². The first-order chi connectivity index (χ1) is 8.92. The molecule has 0 aliphatic heterocycles. The van der Waals surface area contributed by atoms with Crippen LogP contribution in [0.3, 0.4) is 0 Å². The molecule has 0 radical (unpaired) electrons. The third-order valence-electron chi connectivity index (χ3n) is 2.28. The lowest BCUT2D eigenvalue weighted by atomic mass is 10.2. The van der Waals surface area contributed by atoms with E-state index in [-0.39, 0.29) is 18.0 Å². The first-order valence-electron chi connectivity index (χ1n) is 5.71. The number of rotatable bonds is 5. The normalized spacial score (nSPS) is 13.1. The van der Waals surface area contributed by atoms with Gasteiger partial charge in [0, 0.05) is 14.2 Å². The Hall–Kier alpha value is -1.50. The summed E-state index contributed by atoms with van der Waals surface area (Å²) < 4.78 is 22.3. The number of carboxylic acid groups (broad SMARTS) is 1. The summed E-state index contributed by atoms with van der Waals surface area (Å²) in [5.41, 5.74) is -0.289. The molecule has 0 spiro atoms. The minimum atomic E-state index is -1.24. The van der Waals surface area contributed by atoms with Crippen LogP contribution in [0, 0.1) is 5.82 Å². The van der Waals surface area contributed by atoms with Gasteiger partial charge >= 0.3 is 5.97 Å². The summed E-state index contributed by atoms with van der Waals surface area (Å²) in [7, 11) is 3.31. The Labute approximate surface area is 112 Å². The van der Waals surface area contributed by atoms with Crippen molar-refractivity contribution in [2.45, 2.75) is 26.3 Å². The maximum absolute atomic E-state index is 12.5. The van der Waals surface area contributed by atoms with E-state index in [0.717, 1.165) is 6.07 Å². The second kappa shape index (κ2) is 9.43. The van der Waals surface area contributed by atoms with E-state index in [0.29, 0.717) is 0 Å². The van der Waals surface area contributed by atoms with Gasteiger partial charge in [-0.1, -0.05) is 12.1 Å². The van der Waals surface area contributed by atoms with Crippen LogP contribution in [-0.4, -0.2) is 37.8 Å². The SMILES string of the molecule is COC(C)NC(C)OC.O=C(O)c1ccccc1F. The van der Waals surface area contributed by atoms with E-state index in [2.05, 4.69) is 5.32 Å². The number of hydrogen-bond acceptors (Lipinski definition) is 4. The molecule has 2 unspecified atom stereocenters. The lowest BCUT2D eigenvalue weighted by molar-refractivity contribution is 0.00786. The minimum absolute atomic E-state index is 0.0555. The molecular formula is C13H20FNO4. The first kappa shape index (κ1) is 17.5. The van der Waals surface area contributed by atoms with Crippen molar-refractivity contribution in [2.75, 3.05) is 14.2 Å². The lowest BCUT2D eigenvalue weighted by Crippen LogP contribution is -2.36. The second-order valence-corrected chi connectivity index (χ2v) is 3.71. The zero-order chi connectivity index (χ0) is 14.8. The van der Waals surface area contributed by atoms with Crippen LogP contribution in [0.15, 0.2) is 24.3 Å². The van der Waals surface area contributed by atoms with Crippen LogP contribution < -0.4 is 5.32 Å². The van der Waals surface area contributed by atoms with E-state index < -0.39 is 11.8 Å². The van der Waals surface area contributed by atoms with Crippen molar-refractivity contribution in [2.24, 2.45) is 0 Å². The highest BCUT2D eigenvalue weighted by molar-refractivity contribution is 5.87. The molecule has 0 saturated carbocycles. The Kier molecular flexibility index (Phi) is 8.69. The zero-order valence-electron chi connectivity index (χ0n) is 11.5. The molecule has 108 valence electrons. The van der Waals surface area contributed by atoms with Gasteiger partial charge in [-0.3, -0.25) is 5.32 Å². The van der Waals surface area contributed by atoms with Gasteiger partial charge in [-0.25, -0.2) is 9.18 Å². The average Bonchev–Trinajstić information content (AvgIpc) is 2.39. The Bertz CT molecular complexity index is 379. The summed E-state index contributed by atoms with van der Waals surface area (Å²) in [4.78, 5) is 10.2. The van der Waals surface area contributed by atoms with Crippen molar-refractivity contribution in [3.05, 3.63) is 35.6 Å². The molecule has 0 amide bonds. The number of nitrogens with one attached hydrogen (secondary N) is 1. The Balaban J connectivity index is 0.000000344. The van der Waals surface area contributed by atoms with Crippen molar-refractivity contribution in [1.29, 1.82) is 0 Å². The molecular weight excluding hydrogens is 253 g/mol. The highest BCUT2D eigenvalue weighted by Gasteiger charge is 2.06. The van der Waals surface area contributed by atoms with Gasteiger partial charge < -0.3 is 14.6 Å². The molecule has 5 nitrogen and oxygen atoms in total. The van der Waals surface area contributed by atoms with E-state index in [4.69, 9.17) is 14.6 Å². The number of carboxylic acids is 1. The molecule has 0 aromatic heterocycles. The van der Waals surface area contributed by atoms with Crippen LogP contribution in [-0.2, 0) is 9.47 Å². The third kappa shape index (κ3) is 7.50. The minimum Gasteiger partial charge on any atom is -0.478 e. The number of halogens is 1. The van der Waals surface area contributed by atoms with Crippen LogP contribution in [0.25, 0.3) is 0 Å². The molecule has 1 aromatic rings. The summed E-state index contributed by atoms with van der Waals surface area (Å²) in [6.07, 6.45) is 0.111. The molecule has 0 aliphatic carbocycles. The maximum atomic E-state index is 12.5. The van der Waals surface area contributed by atoms with E-state index in [1.807, 2.05) is 13.8 Å². The fourth-order valence-corrected chi connectivity index (χ4v) is 1.10. The summed E-state index contributed by atoms with van der Waals surface area (Å²) >= 11 is 0.